The van der Waals surface area contributed by atoms with E-state index in [1.165, 1.54) is 11.1 Å². The van der Waals surface area contributed by atoms with Crippen molar-refractivity contribution in [3.05, 3.63) is 59.2 Å². The molecule has 0 atom stereocenters. The minimum atomic E-state index is 0.00396. The van der Waals surface area contributed by atoms with Gasteiger partial charge in [-0.05, 0) is 61.2 Å². The van der Waals surface area contributed by atoms with Crippen LogP contribution in [0.3, 0.4) is 0 Å². The summed E-state index contributed by atoms with van der Waals surface area (Å²) in [4.78, 5) is 11.8. The Bertz CT molecular complexity index is 651. The van der Waals surface area contributed by atoms with Gasteiger partial charge >= 0.3 is 0 Å². The molecule has 1 amide bonds. The molecule has 0 unspecified atom stereocenters. The lowest BCUT2D eigenvalue weighted by atomic mass is 10.1. The third-order valence-electron chi connectivity index (χ3n) is 3.79. The van der Waals surface area contributed by atoms with E-state index in [1.807, 2.05) is 49.4 Å². The van der Waals surface area contributed by atoms with Crippen LogP contribution in [0.2, 0.25) is 0 Å². The topological polar surface area (TPSA) is 64.3 Å². The Morgan fingerprint density at radius 1 is 1.09 bits per heavy atom. The lowest BCUT2D eigenvalue weighted by molar-refractivity contribution is -0.121. The second-order valence-electron chi connectivity index (χ2n) is 5.69. The van der Waals surface area contributed by atoms with E-state index >= 15 is 0 Å². The van der Waals surface area contributed by atoms with Crippen LogP contribution in [0.4, 0.5) is 5.69 Å². The van der Waals surface area contributed by atoms with Gasteiger partial charge in [-0.1, -0.05) is 18.2 Å². The molecule has 4 nitrogen and oxygen atoms in total. The molecule has 0 heterocycles. The molecule has 0 saturated heterocycles. The van der Waals surface area contributed by atoms with Crippen LogP contribution in [0.15, 0.2) is 42.5 Å². The number of amides is 1. The van der Waals surface area contributed by atoms with Crippen molar-refractivity contribution >= 4 is 11.6 Å². The van der Waals surface area contributed by atoms with Gasteiger partial charge in [-0.15, -0.1) is 0 Å². The number of rotatable bonds is 7. The molecular weight excluding hydrogens is 288 g/mol. The van der Waals surface area contributed by atoms with E-state index in [0.29, 0.717) is 19.6 Å². The number of anilines is 1. The summed E-state index contributed by atoms with van der Waals surface area (Å²) in [5, 5.41) is 2.90. The summed E-state index contributed by atoms with van der Waals surface area (Å²) in [6.45, 7) is 5.11. The second kappa shape index (κ2) is 8.22. The summed E-state index contributed by atoms with van der Waals surface area (Å²) in [6.07, 6.45) is 1.15. The zero-order valence-electron chi connectivity index (χ0n) is 13.8. The second-order valence-corrected chi connectivity index (χ2v) is 5.69. The Balaban J connectivity index is 1.65. The molecule has 3 N–H and O–H groups in total. The number of benzene rings is 2. The zero-order valence-corrected chi connectivity index (χ0v) is 13.8. The Morgan fingerprint density at radius 2 is 1.83 bits per heavy atom. The molecule has 0 fully saturated rings. The SMILES string of the molecule is Cc1ccc(OCCC(=O)NCCc2ccc(N)cc2)cc1C. The van der Waals surface area contributed by atoms with Gasteiger partial charge in [0.15, 0.2) is 0 Å². The monoisotopic (exact) mass is 312 g/mol. The standard InChI is InChI=1S/C19H24N2O2/c1-14-3-8-18(13-15(14)2)23-12-10-19(22)21-11-9-16-4-6-17(20)7-5-16/h3-8,13H,9-12,20H2,1-2H3,(H,21,22). The van der Waals surface area contributed by atoms with Crippen molar-refractivity contribution in [3.8, 4) is 5.75 Å². The summed E-state index contributed by atoms with van der Waals surface area (Å²) < 4.78 is 5.62. The number of carbonyl (C=O) groups is 1. The van der Waals surface area contributed by atoms with Gasteiger partial charge in [-0.2, -0.15) is 0 Å². The molecule has 0 saturated carbocycles. The molecule has 0 aromatic heterocycles. The van der Waals surface area contributed by atoms with Gasteiger partial charge in [0.05, 0.1) is 13.0 Å². The van der Waals surface area contributed by atoms with Crippen LogP contribution < -0.4 is 15.8 Å². The van der Waals surface area contributed by atoms with Gasteiger partial charge in [-0.25, -0.2) is 0 Å². The molecule has 0 aliphatic carbocycles. The zero-order chi connectivity index (χ0) is 16.7. The third-order valence-corrected chi connectivity index (χ3v) is 3.79. The lowest BCUT2D eigenvalue weighted by Crippen LogP contribution is -2.27. The Hall–Kier alpha value is -2.49. The number of hydrogen-bond donors (Lipinski definition) is 2. The number of ether oxygens (including phenoxy) is 1. The molecule has 2 rings (SSSR count). The fraction of sp³-hybridized carbons (Fsp3) is 0.316. The van der Waals surface area contributed by atoms with Gasteiger partial charge in [0.25, 0.3) is 0 Å². The number of nitrogen functional groups attached to an aromatic ring is 1. The quantitative estimate of drug-likeness (QED) is 0.772. The van der Waals surface area contributed by atoms with Gasteiger partial charge in [0.1, 0.15) is 5.75 Å². The average molecular weight is 312 g/mol. The predicted octanol–water partition coefficient (Wildman–Crippen LogP) is 3.01. The van der Waals surface area contributed by atoms with Crippen LogP contribution in [0.5, 0.6) is 5.75 Å². The van der Waals surface area contributed by atoms with E-state index in [2.05, 4.69) is 12.2 Å². The molecule has 0 bridgehead atoms. The van der Waals surface area contributed by atoms with Crippen LogP contribution in [-0.2, 0) is 11.2 Å². The molecule has 4 heteroatoms. The first-order valence-electron chi connectivity index (χ1n) is 7.86. The van der Waals surface area contributed by atoms with E-state index in [9.17, 15) is 4.79 Å². The van der Waals surface area contributed by atoms with Crippen molar-refractivity contribution in [2.75, 3.05) is 18.9 Å². The smallest absolute Gasteiger partial charge is 0.223 e. The number of aryl methyl sites for hydroxylation is 2. The van der Waals surface area contributed by atoms with E-state index in [0.717, 1.165) is 23.4 Å². The first-order chi connectivity index (χ1) is 11.0. The normalized spacial score (nSPS) is 10.3. The van der Waals surface area contributed by atoms with Crippen molar-refractivity contribution < 1.29 is 9.53 Å². The summed E-state index contributed by atoms with van der Waals surface area (Å²) in [5.74, 6) is 0.812. The summed E-state index contributed by atoms with van der Waals surface area (Å²) in [6, 6.07) is 13.6. The van der Waals surface area contributed by atoms with Crippen LogP contribution in [0.1, 0.15) is 23.1 Å². The molecule has 2 aromatic carbocycles. The van der Waals surface area contributed by atoms with Crippen molar-refractivity contribution in [2.24, 2.45) is 0 Å². The van der Waals surface area contributed by atoms with Crippen LogP contribution in [0, 0.1) is 13.8 Å². The average Bonchev–Trinajstić information content (AvgIpc) is 2.53. The minimum absolute atomic E-state index is 0.00396. The highest BCUT2D eigenvalue weighted by atomic mass is 16.5. The summed E-state index contributed by atoms with van der Waals surface area (Å²) in [5.41, 5.74) is 9.97. The molecular formula is C19H24N2O2. The number of nitrogens with two attached hydrogens (primary N) is 1. The van der Waals surface area contributed by atoms with Crippen molar-refractivity contribution in [1.82, 2.24) is 5.32 Å². The molecule has 2 aromatic rings. The highest BCUT2D eigenvalue weighted by Gasteiger charge is 2.03. The van der Waals surface area contributed by atoms with Crippen molar-refractivity contribution in [1.29, 1.82) is 0 Å². The van der Waals surface area contributed by atoms with Crippen LogP contribution in [-0.4, -0.2) is 19.1 Å². The highest BCUT2D eigenvalue weighted by molar-refractivity contribution is 5.76. The Kier molecular flexibility index (Phi) is 6.03. The predicted molar refractivity (Wildman–Crippen MR) is 93.6 cm³/mol. The maximum Gasteiger partial charge on any atom is 0.223 e. The molecule has 0 spiro atoms. The maximum absolute atomic E-state index is 11.8. The fourth-order valence-corrected chi connectivity index (χ4v) is 2.18. The van der Waals surface area contributed by atoms with E-state index in [1.54, 1.807) is 0 Å². The number of carbonyl (C=O) groups excluding carboxylic acids is 1. The largest absolute Gasteiger partial charge is 0.493 e. The summed E-state index contributed by atoms with van der Waals surface area (Å²) >= 11 is 0. The molecule has 0 radical (unpaired) electrons. The fourth-order valence-electron chi connectivity index (χ4n) is 2.18. The van der Waals surface area contributed by atoms with E-state index < -0.39 is 0 Å². The minimum Gasteiger partial charge on any atom is -0.493 e. The Labute approximate surface area is 137 Å². The highest BCUT2D eigenvalue weighted by Crippen LogP contribution is 2.16. The number of nitrogens with one attached hydrogen (secondary N) is 1. The lowest BCUT2D eigenvalue weighted by Gasteiger charge is -2.09. The molecule has 0 aliphatic rings. The van der Waals surface area contributed by atoms with Crippen molar-refractivity contribution in [3.63, 3.8) is 0 Å². The van der Waals surface area contributed by atoms with E-state index in [4.69, 9.17) is 10.5 Å². The Morgan fingerprint density at radius 3 is 2.52 bits per heavy atom. The molecule has 0 aliphatic heterocycles. The van der Waals surface area contributed by atoms with Crippen molar-refractivity contribution in [2.45, 2.75) is 26.7 Å². The maximum atomic E-state index is 11.8. The first-order valence-corrected chi connectivity index (χ1v) is 7.86. The summed E-state index contributed by atoms with van der Waals surface area (Å²) in [7, 11) is 0. The van der Waals surface area contributed by atoms with Gasteiger partial charge < -0.3 is 15.8 Å². The van der Waals surface area contributed by atoms with Gasteiger partial charge in [-0.3, -0.25) is 4.79 Å². The number of hydrogen-bond acceptors (Lipinski definition) is 3. The van der Waals surface area contributed by atoms with Crippen LogP contribution in [0.25, 0.3) is 0 Å². The van der Waals surface area contributed by atoms with E-state index in [-0.39, 0.29) is 5.91 Å². The van der Waals surface area contributed by atoms with Crippen LogP contribution >= 0.6 is 0 Å². The van der Waals surface area contributed by atoms with Gasteiger partial charge in [0, 0.05) is 12.2 Å². The molecule has 23 heavy (non-hydrogen) atoms. The van der Waals surface area contributed by atoms with Gasteiger partial charge in [0.2, 0.25) is 5.91 Å². The molecule has 122 valence electrons. The first kappa shape index (κ1) is 16.9. The third kappa shape index (κ3) is 5.66.